The Labute approximate surface area is 113 Å². The number of esters is 2. The molecule has 1 aromatic carbocycles. The van der Waals surface area contributed by atoms with Gasteiger partial charge in [0.25, 0.3) is 0 Å². The molecule has 5 heteroatoms. The summed E-state index contributed by atoms with van der Waals surface area (Å²) in [6.07, 6.45) is 0.288. The number of ether oxygens (including phenoxy) is 2. The molecule has 0 aliphatic carbocycles. The van der Waals surface area contributed by atoms with Crippen LogP contribution >= 0.6 is 22.6 Å². The summed E-state index contributed by atoms with van der Waals surface area (Å²) in [5.41, 5.74) is 0.895. The quantitative estimate of drug-likeness (QED) is 0.473. The third kappa shape index (κ3) is 3.99. The lowest BCUT2D eigenvalue weighted by Crippen LogP contribution is -2.28. The Balaban J connectivity index is 2.82. The van der Waals surface area contributed by atoms with Crippen molar-refractivity contribution in [2.45, 2.75) is 6.42 Å². The van der Waals surface area contributed by atoms with Crippen LogP contribution in [0.3, 0.4) is 0 Å². The number of carbonyl (C=O) groups is 2. The predicted octanol–water partition coefficient (Wildman–Crippen LogP) is 1.80. The van der Waals surface area contributed by atoms with Gasteiger partial charge in [-0.2, -0.15) is 0 Å². The minimum atomic E-state index is -0.898. The second-order valence-corrected chi connectivity index (χ2v) is 4.68. The first kappa shape index (κ1) is 14.0. The van der Waals surface area contributed by atoms with Crippen LogP contribution in [0.15, 0.2) is 24.3 Å². The van der Waals surface area contributed by atoms with E-state index in [1.165, 1.54) is 14.2 Å². The molecule has 0 atom stereocenters. The van der Waals surface area contributed by atoms with Crippen LogP contribution in [0.25, 0.3) is 0 Å². The minimum Gasteiger partial charge on any atom is -0.468 e. The highest BCUT2D eigenvalue weighted by Crippen LogP contribution is 2.14. The van der Waals surface area contributed by atoms with Gasteiger partial charge in [0, 0.05) is 3.57 Å². The molecule has 0 spiro atoms. The number of carbonyl (C=O) groups excluding carboxylic acids is 2. The van der Waals surface area contributed by atoms with E-state index < -0.39 is 17.9 Å². The fourth-order valence-corrected chi connectivity index (χ4v) is 1.76. The molecular weight excluding hydrogens is 335 g/mol. The molecule has 0 unspecified atom stereocenters. The lowest BCUT2D eigenvalue weighted by molar-refractivity contribution is -0.158. The molecule has 0 amide bonds. The third-order valence-electron chi connectivity index (χ3n) is 2.32. The van der Waals surface area contributed by atoms with Crippen molar-refractivity contribution in [3.8, 4) is 0 Å². The van der Waals surface area contributed by atoms with Crippen LogP contribution in [0.5, 0.6) is 0 Å². The van der Waals surface area contributed by atoms with Crippen molar-refractivity contribution in [1.82, 2.24) is 0 Å². The summed E-state index contributed by atoms with van der Waals surface area (Å²) in [6, 6.07) is 7.59. The van der Waals surface area contributed by atoms with Crippen LogP contribution in [0.1, 0.15) is 5.56 Å². The van der Waals surface area contributed by atoms with Crippen LogP contribution in [0.4, 0.5) is 0 Å². The van der Waals surface area contributed by atoms with Crippen LogP contribution < -0.4 is 0 Å². The minimum absolute atomic E-state index is 0.288. The first-order valence-corrected chi connectivity index (χ1v) is 6.06. The largest absolute Gasteiger partial charge is 0.468 e. The summed E-state index contributed by atoms with van der Waals surface area (Å²) in [6.45, 7) is 0. The van der Waals surface area contributed by atoms with Gasteiger partial charge in [0.15, 0.2) is 5.92 Å². The van der Waals surface area contributed by atoms with Crippen LogP contribution in [0.2, 0.25) is 0 Å². The van der Waals surface area contributed by atoms with E-state index in [1.807, 2.05) is 24.3 Å². The summed E-state index contributed by atoms with van der Waals surface area (Å²) < 4.78 is 10.3. The molecule has 0 fully saturated rings. The molecule has 1 rings (SSSR count). The van der Waals surface area contributed by atoms with Crippen molar-refractivity contribution < 1.29 is 19.1 Å². The van der Waals surface area contributed by atoms with E-state index in [0.29, 0.717) is 0 Å². The fraction of sp³-hybridized carbons (Fsp3) is 0.333. The first-order valence-electron chi connectivity index (χ1n) is 4.98. The van der Waals surface area contributed by atoms with Gasteiger partial charge in [-0.05, 0) is 46.7 Å². The highest BCUT2D eigenvalue weighted by Gasteiger charge is 2.28. The summed E-state index contributed by atoms with van der Waals surface area (Å²) in [4.78, 5) is 22.9. The molecule has 1 aromatic rings. The standard InChI is InChI=1S/C12H13IO4/c1-16-11(14)10(12(15)17-2)7-8-3-5-9(13)6-4-8/h3-6,10H,7H2,1-2H3. The highest BCUT2D eigenvalue weighted by molar-refractivity contribution is 14.1. The zero-order valence-electron chi connectivity index (χ0n) is 9.60. The molecule has 0 saturated heterocycles. The molecule has 0 bridgehead atoms. The Morgan fingerprint density at radius 3 is 2.00 bits per heavy atom. The Kier molecular flexibility index (Phi) is 5.40. The van der Waals surface area contributed by atoms with Gasteiger partial charge >= 0.3 is 11.9 Å². The number of hydrogen-bond acceptors (Lipinski definition) is 4. The Morgan fingerprint density at radius 2 is 1.59 bits per heavy atom. The van der Waals surface area contributed by atoms with Crippen molar-refractivity contribution >= 4 is 34.5 Å². The number of hydrogen-bond donors (Lipinski definition) is 0. The van der Waals surface area contributed by atoms with E-state index in [1.54, 1.807) is 0 Å². The fourth-order valence-electron chi connectivity index (χ4n) is 1.40. The van der Waals surface area contributed by atoms with Crippen molar-refractivity contribution in [2.75, 3.05) is 14.2 Å². The van der Waals surface area contributed by atoms with Crippen molar-refractivity contribution in [2.24, 2.45) is 5.92 Å². The van der Waals surface area contributed by atoms with Crippen molar-refractivity contribution in [3.63, 3.8) is 0 Å². The molecule has 0 N–H and O–H groups in total. The van der Waals surface area contributed by atoms with Gasteiger partial charge in [-0.25, -0.2) is 0 Å². The van der Waals surface area contributed by atoms with Gasteiger partial charge in [0.05, 0.1) is 14.2 Å². The highest BCUT2D eigenvalue weighted by atomic mass is 127. The molecule has 4 nitrogen and oxygen atoms in total. The molecule has 0 saturated carbocycles. The maximum Gasteiger partial charge on any atom is 0.320 e. The summed E-state index contributed by atoms with van der Waals surface area (Å²) in [7, 11) is 2.51. The van der Waals surface area contributed by atoms with E-state index in [4.69, 9.17) is 0 Å². The van der Waals surface area contributed by atoms with Crippen LogP contribution in [-0.4, -0.2) is 26.2 Å². The smallest absolute Gasteiger partial charge is 0.320 e. The molecule has 92 valence electrons. The average molecular weight is 348 g/mol. The molecule has 0 radical (unpaired) electrons. The second-order valence-electron chi connectivity index (χ2n) is 3.43. The lowest BCUT2D eigenvalue weighted by Gasteiger charge is -2.12. The zero-order valence-corrected chi connectivity index (χ0v) is 11.8. The number of rotatable bonds is 4. The Morgan fingerprint density at radius 1 is 1.12 bits per heavy atom. The molecular formula is C12H13IO4. The molecule has 0 aliphatic heterocycles. The summed E-state index contributed by atoms with van der Waals surface area (Å²) in [5.74, 6) is -2.05. The van der Waals surface area contributed by atoms with Crippen molar-refractivity contribution in [3.05, 3.63) is 33.4 Å². The normalized spacial score (nSPS) is 10.1. The van der Waals surface area contributed by atoms with Gasteiger partial charge in [-0.15, -0.1) is 0 Å². The summed E-state index contributed by atoms with van der Waals surface area (Å²) in [5, 5.41) is 0. The monoisotopic (exact) mass is 348 g/mol. The SMILES string of the molecule is COC(=O)C(Cc1ccc(I)cc1)C(=O)OC. The van der Waals surface area contributed by atoms with Crippen LogP contribution in [0, 0.1) is 9.49 Å². The van der Waals surface area contributed by atoms with E-state index in [0.717, 1.165) is 9.13 Å². The molecule has 17 heavy (non-hydrogen) atoms. The van der Waals surface area contributed by atoms with Gasteiger partial charge in [0.2, 0.25) is 0 Å². The van der Waals surface area contributed by atoms with Crippen molar-refractivity contribution in [1.29, 1.82) is 0 Å². The molecule has 0 aliphatic rings. The average Bonchev–Trinajstić information content (AvgIpc) is 2.36. The van der Waals surface area contributed by atoms with E-state index in [9.17, 15) is 9.59 Å². The van der Waals surface area contributed by atoms with Gasteiger partial charge in [-0.1, -0.05) is 12.1 Å². The Bertz CT molecular complexity index is 383. The first-order chi connectivity index (χ1) is 8.08. The zero-order chi connectivity index (χ0) is 12.8. The third-order valence-corrected chi connectivity index (χ3v) is 3.04. The number of halogens is 1. The maximum atomic E-state index is 11.5. The topological polar surface area (TPSA) is 52.6 Å². The molecule has 0 heterocycles. The van der Waals surface area contributed by atoms with E-state index in [2.05, 4.69) is 32.1 Å². The predicted molar refractivity (Wildman–Crippen MR) is 70.4 cm³/mol. The summed E-state index contributed by atoms with van der Waals surface area (Å²) >= 11 is 2.19. The number of benzene rings is 1. The van der Waals surface area contributed by atoms with E-state index >= 15 is 0 Å². The van der Waals surface area contributed by atoms with Crippen LogP contribution in [-0.2, 0) is 25.5 Å². The maximum absolute atomic E-state index is 11.5. The number of methoxy groups -OCH3 is 2. The van der Waals surface area contributed by atoms with Gasteiger partial charge in [0.1, 0.15) is 0 Å². The van der Waals surface area contributed by atoms with Gasteiger partial charge < -0.3 is 9.47 Å². The lowest BCUT2D eigenvalue weighted by atomic mass is 10.00. The van der Waals surface area contributed by atoms with E-state index in [-0.39, 0.29) is 6.42 Å². The Hall–Kier alpha value is -1.11. The molecule has 0 aromatic heterocycles. The second kappa shape index (κ2) is 6.58. The van der Waals surface area contributed by atoms with Gasteiger partial charge in [-0.3, -0.25) is 9.59 Å².